The van der Waals surface area contributed by atoms with Crippen LogP contribution in [0.4, 0.5) is 5.82 Å². The van der Waals surface area contributed by atoms with E-state index in [1.807, 2.05) is 12.1 Å². The molecule has 4 rings (SSSR count). The van der Waals surface area contributed by atoms with Crippen LogP contribution in [0.5, 0.6) is 0 Å². The van der Waals surface area contributed by atoms with E-state index in [9.17, 15) is 5.11 Å². The SMILES string of the molecule is Nc1ncnn2c(C3(O)CCC4(CC3)OCCO4)ccc12. The normalized spacial score (nSPS) is 23.9. The van der Waals surface area contributed by atoms with Gasteiger partial charge in [0.15, 0.2) is 11.6 Å². The van der Waals surface area contributed by atoms with Gasteiger partial charge in [-0.25, -0.2) is 9.50 Å². The third-order valence-corrected chi connectivity index (χ3v) is 4.61. The largest absolute Gasteiger partial charge is 0.384 e. The summed E-state index contributed by atoms with van der Waals surface area (Å²) in [5, 5.41) is 15.2. The van der Waals surface area contributed by atoms with Gasteiger partial charge in [-0.15, -0.1) is 0 Å². The van der Waals surface area contributed by atoms with Gasteiger partial charge in [0.1, 0.15) is 17.4 Å². The Balaban J connectivity index is 1.67. The van der Waals surface area contributed by atoms with Crippen LogP contribution < -0.4 is 5.73 Å². The number of nitrogens with two attached hydrogens (primary N) is 1. The first kappa shape index (κ1) is 13.0. The molecule has 0 aromatic carbocycles. The number of anilines is 1. The van der Waals surface area contributed by atoms with Crippen LogP contribution in [-0.2, 0) is 15.1 Å². The number of nitrogens with zero attached hydrogens (tertiary/aromatic N) is 3. The molecule has 0 atom stereocenters. The molecule has 3 N–H and O–H groups in total. The first-order chi connectivity index (χ1) is 10.1. The summed E-state index contributed by atoms with van der Waals surface area (Å²) < 4.78 is 13.1. The van der Waals surface area contributed by atoms with Gasteiger partial charge in [-0.2, -0.15) is 5.10 Å². The molecule has 1 spiro atoms. The summed E-state index contributed by atoms with van der Waals surface area (Å²) in [7, 11) is 0. The van der Waals surface area contributed by atoms with Crippen molar-refractivity contribution < 1.29 is 14.6 Å². The van der Waals surface area contributed by atoms with E-state index in [-0.39, 0.29) is 0 Å². The minimum absolute atomic E-state index is 0.412. The molecule has 112 valence electrons. The Kier molecular flexibility index (Phi) is 2.72. The number of nitrogen functional groups attached to an aromatic ring is 1. The van der Waals surface area contributed by atoms with Crippen LogP contribution in [0.2, 0.25) is 0 Å². The van der Waals surface area contributed by atoms with Gasteiger partial charge in [-0.05, 0) is 25.0 Å². The predicted molar refractivity (Wildman–Crippen MR) is 74.4 cm³/mol. The zero-order chi connectivity index (χ0) is 14.5. The molecule has 2 aromatic heterocycles. The molecule has 3 heterocycles. The van der Waals surface area contributed by atoms with E-state index < -0.39 is 11.4 Å². The van der Waals surface area contributed by atoms with Crippen LogP contribution in [0.25, 0.3) is 5.52 Å². The number of aliphatic hydroxyl groups is 1. The van der Waals surface area contributed by atoms with Crippen molar-refractivity contribution in [3.8, 4) is 0 Å². The Hall–Kier alpha value is -1.70. The lowest BCUT2D eigenvalue weighted by Gasteiger charge is -2.40. The van der Waals surface area contributed by atoms with Crippen molar-refractivity contribution in [1.82, 2.24) is 14.6 Å². The topological polar surface area (TPSA) is 94.9 Å². The third kappa shape index (κ3) is 1.92. The Morgan fingerprint density at radius 3 is 2.57 bits per heavy atom. The Labute approximate surface area is 121 Å². The molecule has 2 aromatic rings. The van der Waals surface area contributed by atoms with Crippen LogP contribution in [0.1, 0.15) is 31.4 Å². The molecule has 0 bridgehead atoms. The maximum Gasteiger partial charge on any atom is 0.168 e. The van der Waals surface area contributed by atoms with E-state index in [2.05, 4.69) is 10.1 Å². The fourth-order valence-corrected chi connectivity index (χ4v) is 3.39. The van der Waals surface area contributed by atoms with E-state index in [0.717, 1.165) is 11.2 Å². The summed E-state index contributed by atoms with van der Waals surface area (Å²) >= 11 is 0. The number of hydrogen-bond donors (Lipinski definition) is 2. The maximum atomic E-state index is 11.0. The molecule has 0 amide bonds. The van der Waals surface area contributed by atoms with E-state index in [1.54, 1.807) is 4.52 Å². The number of rotatable bonds is 1. The highest BCUT2D eigenvalue weighted by Crippen LogP contribution is 2.45. The highest BCUT2D eigenvalue weighted by molar-refractivity contribution is 5.65. The van der Waals surface area contributed by atoms with Gasteiger partial charge >= 0.3 is 0 Å². The molecule has 2 fully saturated rings. The van der Waals surface area contributed by atoms with Gasteiger partial charge < -0.3 is 20.3 Å². The first-order valence-corrected chi connectivity index (χ1v) is 7.21. The minimum Gasteiger partial charge on any atom is -0.384 e. The monoisotopic (exact) mass is 290 g/mol. The Morgan fingerprint density at radius 1 is 1.14 bits per heavy atom. The van der Waals surface area contributed by atoms with Crippen LogP contribution in [0.15, 0.2) is 18.5 Å². The van der Waals surface area contributed by atoms with Crippen LogP contribution in [0, 0.1) is 0 Å². The number of hydrogen-bond acceptors (Lipinski definition) is 6. The second kappa shape index (κ2) is 4.40. The van der Waals surface area contributed by atoms with Crippen molar-refractivity contribution in [3.63, 3.8) is 0 Å². The quantitative estimate of drug-likeness (QED) is 0.807. The molecule has 1 saturated carbocycles. The van der Waals surface area contributed by atoms with Gasteiger partial charge in [0.2, 0.25) is 0 Å². The molecule has 1 aliphatic carbocycles. The maximum absolute atomic E-state index is 11.0. The smallest absolute Gasteiger partial charge is 0.168 e. The lowest BCUT2D eigenvalue weighted by molar-refractivity contribution is -0.205. The molecule has 0 radical (unpaired) electrons. The van der Waals surface area contributed by atoms with Gasteiger partial charge in [0.25, 0.3) is 0 Å². The Morgan fingerprint density at radius 2 is 1.86 bits per heavy atom. The summed E-state index contributed by atoms with van der Waals surface area (Å²) in [6.45, 7) is 1.27. The predicted octanol–water partition coefficient (Wildman–Crippen LogP) is 0.816. The van der Waals surface area contributed by atoms with Crippen molar-refractivity contribution in [3.05, 3.63) is 24.2 Å². The van der Waals surface area contributed by atoms with Crippen LogP contribution in [-0.4, -0.2) is 38.7 Å². The molecule has 21 heavy (non-hydrogen) atoms. The summed E-state index contributed by atoms with van der Waals surface area (Å²) in [4.78, 5) is 3.97. The van der Waals surface area contributed by atoms with Crippen LogP contribution in [0.3, 0.4) is 0 Å². The van der Waals surface area contributed by atoms with Crippen molar-refractivity contribution in [2.24, 2.45) is 0 Å². The van der Waals surface area contributed by atoms with Gasteiger partial charge in [-0.3, -0.25) is 0 Å². The molecular formula is C14H18N4O3. The van der Waals surface area contributed by atoms with Gasteiger partial charge in [0.05, 0.1) is 18.9 Å². The zero-order valence-electron chi connectivity index (χ0n) is 11.7. The zero-order valence-corrected chi connectivity index (χ0v) is 11.7. The lowest BCUT2D eigenvalue weighted by Crippen LogP contribution is -2.42. The van der Waals surface area contributed by atoms with Crippen molar-refractivity contribution >= 4 is 11.3 Å². The lowest BCUT2D eigenvalue weighted by atomic mass is 9.79. The number of fused-ring (bicyclic) bond motifs is 1. The second-order valence-electron chi connectivity index (χ2n) is 5.80. The highest BCUT2D eigenvalue weighted by atomic mass is 16.7. The van der Waals surface area contributed by atoms with Gasteiger partial charge in [-0.1, -0.05) is 0 Å². The van der Waals surface area contributed by atoms with Crippen LogP contribution >= 0.6 is 0 Å². The third-order valence-electron chi connectivity index (χ3n) is 4.61. The van der Waals surface area contributed by atoms with E-state index in [1.165, 1.54) is 6.33 Å². The van der Waals surface area contributed by atoms with Crippen molar-refractivity contribution in [2.75, 3.05) is 18.9 Å². The second-order valence-corrected chi connectivity index (χ2v) is 5.80. The summed E-state index contributed by atoms with van der Waals surface area (Å²) in [6.07, 6.45) is 3.91. The summed E-state index contributed by atoms with van der Waals surface area (Å²) in [6, 6.07) is 3.71. The number of aromatic nitrogens is 3. The summed E-state index contributed by atoms with van der Waals surface area (Å²) in [5.74, 6) is -0.0811. The number of ether oxygens (including phenoxy) is 2. The van der Waals surface area contributed by atoms with E-state index in [4.69, 9.17) is 15.2 Å². The van der Waals surface area contributed by atoms with Crippen molar-refractivity contribution in [1.29, 1.82) is 0 Å². The van der Waals surface area contributed by atoms with E-state index >= 15 is 0 Å². The molecule has 7 nitrogen and oxygen atoms in total. The standard InChI is InChI=1S/C14H18N4O3/c15-12-10-1-2-11(18(10)17-9-16-12)13(19)3-5-14(6-4-13)20-7-8-21-14/h1-2,9,19H,3-8H2,(H2,15,16,17). The Bertz CT molecular complexity index is 668. The molecule has 7 heteroatoms. The summed E-state index contributed by atoms with van der Waals surface area (Å²) in [5.41, 5.74) is 6.37. The average Bonchev–Trinajstić information content (AvgIpc) is 3.11. The highest BCUT2D eigenvalue weighted by Gasteiger charge is 2.47. The van der Waals surface area contributed by atoms with Gasteiger partial charge in [0, 0.05) is 12.8 Å². The molecule has 1 saturated heterocycles. The fourth-order valence-electron chi connectivity index (χ4n) is 3.39. The van der Waals surface area contributed by atoms with E-state index in [0.29, 0.717) is 44.7 Å². The molecular weight excluding hydrogens is 272 g/mol. The fraction of sp³-hybridized carbons (Fsp3) is 0.571. The minimum atomic E-state index is -0.937. The van der Waals surface area contributed by atoms with Crippen molar-refractivity contribution in [2.45, 2.75) is 37.1 Å². The first-order valence-electron chi connectivity index (χ1n) is 7.21. The average molecular weight is 290 g/mol. The molecule has 0 unspecified atom stereocenters. The molecule has 1 aliphatic heterocycles. The molecule has 2 aliphatic rings.